The van der Waals surface area contributed by atoms with Crippen molar-refractivity contribution >= 4 is 5.91 Å². The Hall–Kier alpha value is -1.56. The van der Waals surface area contributed by atoms with Crippen LogP contribution >= 0.6 is 0 Å². The highest BCUT2D eigenvalue weighted by Crippen LogP contribution is 2.28. The monoisotopic (exact) mass is 274 g/mol. The van der Waals surface area contributed by atoms with Crippen molar-refractivity contribution in [2.45, 2.75) is 25.6 Å². The Labute approximate surface area is 110 Å². The number of rotatable bonds is 6. The lowest BCUT2D eigenvalue weighted by molar-refractivity contribution is -0.137. The van der Waals surface area contributed by atoms with Gasteiger partial charge in [0, 0.05) is 13.0 Å². The van der Waals surface area contributed by atoms with Crippen molar-refractivity contribution in [2.75, 3.05) is 13.6 Å². The minimum Gasteiger partial charge on any atom is -0.352 e. The van der Waals surface area contributed by atoms with E-state index in [9.17, 15) is 18.0 Å². The number of halogens is 3. The van der Waals surface area contributed by atoms with E-state index < -0.39 is 11.7 Å². The van der Waals surface area contributed by atoms with Gasteiger partial charge >= 0.3 is 6.18 Å². The van der Waals surface area contributed by atoms with Gasteiger partial charge in [0.15, 0.2) is 0 Å². The summed E-state index contributed by atoms with van der Waals surface area (Å²) in [5, 5.41) is 5.60. The number of benzene rings is 1. The van der Waals surface area contributed by atoms with Crippen LogP contribution in [0.2, 0.25) is 0 Å². The van der Waals surface area contributed by atoms with E-state index in [0.717, 1.165) is 25.1 Å². The maximum atomic E-state index is 12.3. The predicted octanol–water partition coefficient (Wildman–Crippen LogP) is 2.32. The molecule has 6 heteroatoms. The number of carbonyl (C=O) groups excluding carboxylic acids is 1. The fourth-order valence-corrected chi connectivity index (χ4v) is 1.53. The van der Waals surface area contributed by atoms with Crippen molar-refractivity contribution in [1.29, 1.82) is 0 Å². The molecule has 2 N–H and O–H groups in total. The molecule has 0 saturated heterocycles. The quantitative estimate of drug-likeness (QED) is 0.782. The average molecular weight is 274 g/mol. The lowest BCUT2D eigenvalue weighted by atomic mass is 10.1. The third kappa shape index (κ3) is 5.74. The van der Waals surface area contributed by atoms with Crippen molar-refractivity contribution in [3.63, 3.8) is 0 Å². The summed E-state index contributed by atoms with van der Waals surface area (Å²) in [7, 11) is 1.81. The SMILES string of the molecule is CNCCCC(=O)NCc1ccc(C(F)(F)F)cc1. The zero-order valence-electron chi connectivity index (χ0n) is 10.7. The highest BCUT2D eigenvalue weighted by Gasteiger charge is 2.29. The van der Waals surface area contributed by atoms with E-state index >= 15 is 0 Å². The van der Waals surface area contributed by atoms with Gasteiger partial charge in [0.1, 0.15) is 0 Å². The highest BCUT2D eigenvalue weighted by atomic mass is 19.4. The van der Waals surface area contributed by atoms with Crippen molar-refractivity contribution < 1.29 is 18.0 Å². The number of amides is 1. The van der Waals surface area contributed by atoms with Crippen molar-refractivity contribution in [3.05, 3.63) is 35.4 Å². The average Bonchev–Trinajstić information content (AvgIpc) is 2.36. The fraction of sp³-hybridized carbons (Fsp3) is 0.462. The largest absolute Gasteiger partial charge is 0.416 e. The van der Waals surface area contributed by atoms with E-state index in [-0.39, 0.29) is 12.5 Å². The highest BCUT2D eigenvalue weighted by molar-refractivity contribution is 5.75. The molecule has 0 spiro atoms. The molecule has 0 aliphatic carbocycles. The Morgan fingerprint density at radius 1 is 1.21 bits per heavy atom. The van der Waals surface area contributed by atoms with Crippen LogP contribution in [0.15, 0.2) is 24.3 Å². The Kier molecular flexibility index (Phi) is 5.82. The molecule has 0 unspecified atom stereocenters. The number of hydrogen-bond acceptors (Lipinski definition) is 2. The maximum Gasteiger partial charge on any atom is 0.416 e. The fourth-order valence-electron chi connectivity index (χ4n) is 1.53. The van der Waals surface area contributed by atoms with Crippen LogP contribution < -0.4 is 10.6 Å². The first-order chi connectivity index (χ1) is 8.93. The molecule has 19 heavy (non-hydrogen) atoms. The Morgan fingerprint density at radius 3 is 2.37 bits per heavy atom. The van der Waals surface area contributed by atoms with Crippen LogP contribution in [0, 0.1) is 0 Å². The Balaban J connectivity index is 2.40. The Morgan fingerprint density at radius 2 is 1.84 bits per heavy atom. The summed E-state index contributed by atoms with van der Waals surface area (Å²) in [6.07, 6.45) is -3.19. The van der Waals surface area contributed by atoms with E-state index in [4.69, 9.17) is 0 Å². The van der Waals surface area contributed by atoms with Gasteiger partial charge in [0.2, 0.25) is 5.91 Å². The normalized spacial score (nSPS) is 11.4. The van der Waals surface area contributed by atoms with Crippen LogP contribution in [0.4, 0.5) is 13.2 Å². The summed E-state index contributed by atoms with van der Waals surface area (Å²) >= 11 is 0. The van der Waals surface area contributed by atoms with Crippen LogP contribution in [0.25, 0.3) is 0 Å². The minimum atomic E-state index is -4.32. The van der Waals surface area contributed by atoms with E-state index in [2.05, 4.69) is 10.6 Å². The molecule has 1 amide bonds. The smallest absolute Gasteiger partial charge is 0.352 e. The first-order valence-electron chi connectivity index (χ1n) is 6.01. The second kappa shape index (κ2) is 7.13. The van der Waals surface area contributed by atoms with Crippen LogP contribution in [-0.4, -0.2) is 19.5 Å². The summed E-state index contributed by atoms with van der Waals surface area (Å²) in [5.41, 5.74) is -0.0356. The maximum absolute atomic E-state index is 12.3. The topological polar surface area (TPSA) is 41.1 Å². The van der Waals surface area contributed by atoms with Gasteiger partial charge in [-0.15, -0.1) is 0 Å². The molecule has 0 bridgehead atoms. The van der Waals surface area contributed by atoms with Crippen LogP contribution in [0.1, 0.15) is 24.0 Å². The number of alkyl halides is 3. The van der Waals surface area contributed by atoms with Crippen LogP contribution in [0.5, 0.6) is 0 Å². The second-order valence-corrected chi connectivity index (χ2v) is 4.18. The third-order valence-corrected chi connectivity index (χ3v) is 2.60. The van der Waals surface area contributed by atoms with E-state index in [1.165, 1.54) is 12.1 Å². The molecule has 3 nitrogen and oxygen atoms in total. The lowest BCUT2D eigenvalue weighted by Gasteiger charge is -2.08. The molecule has 1 rings (SSSR count). The summed E-state index contributed by atoms with van der Waals surface area (Å²) in [6, 6.07) is 4.78. The molecule has 0 radical (unpaired) electrons. The zero-order valence-corrected chi connectivity index (χ0v) is 10.7. The van der Waals surface area contributed by atoms with Gasteiger partial charge in [-0.05, 0) is 37.7 Å². The Bertz CT molecular complexity index is 401. The van der Waals surface area contributed by atoms with E-state index in [1.807, 2.05) is 0 Å². The van der Waals surface area contributed by atoms with Crippen molar-refractivity contribution in [1.82, 2.24) is 10.6 Å². The molecule has 1 aromatic rings. The summed E-state index contributed by atoms with van der Waals surface area (Å²) < 4.78 is 37.0. The molecule has 0 aromatic heterocycles. The molecule has 0 atom stereocenters. The molecular weight excluding hydrogens is 257 g/mol. The van der Waals surface area contributed by atoms with Gasteiger partial charge in [0.05, 0.1) is 5.56 Å². The van der Waals surface area contributed by atoms with Crippen molar-refractivity contribution in [3.8, 4) is 0 Å². The van der Waals surface area contributed by atoms with Gasteiger partial charge in [-0.1, -0.05) is 12.1 Å². The first-order valence-corrected chi connectivity index (χ1v) is 6.01. The van der Waals surface area contributed by atoms with E-state index in [1.54, 1.807) is 7.05 Å². The van der Waals surface area contributed by atoms with Gasteiger partial charge in [-0.2, -0.15) is 13.2 Å². The second-order valence-electron chi connectivity index (χ2n) is 4.18. The van der Waals surface area contributed by atoms with E-state index in [0.29, 0.717) is 12.0 Å². The third-order valence-electron chi connectivity index (χ3n) is 2.60. The van der Waals surface area contributed by atoms with Crippen LogP contribution in [-0.2, 0) is 17.5 Å². The number of nitrogens with one attached hydrogen (secondary N) is 2. The van der Waals surface area contributed by atoms with Crippen molar-refractivity contribution in [2.24, 2.45) is 0 Å². The number of hydrogen-bond donors (Lipinski definition) is 2. The van der Waals surface area contributed by atoms with Gasteiger partial charge in [0.25, 0.3) is 0 Å². The van der Waals surface area contributed by atoms with Crippen LogP contribution in [0.3, 0.4) is 0 Å². The molecule has 0 aliphatic rings. The molecule has 0 heterocycles. The van der Waals surface area contributed by atoms with Gasteiger partial charge < -0.3 is 10.6 Å². The first kappa shape index (κ1) is 15.5. The van der Waals surface area contributed by atoms with Gasteiger partial charge in [-0.25, -0.2) is 0 Å². The summed E-state index contributed by atoms with van der Waals surface area (Å²) in [6.45, 7) is 1.00. The summed E-state index contributed by atoms with van der Waals surface area (Å²) in [4.78, 5) is 11.4. The molecule has 0 saturated carbocycles. The number of carbonyl (C=O) groups is 1. The molecule has 1 aromatic carbocycles. The molecule has 0 fully saturated rings. The van der Waals surface area contributed by atoms with Gasteiger partial charge in [-0.3, -0.25) is 4.79 Å². The minimum absolute atomic E-state index is 0.102. The summed E-state index contributed by atoms with van der Waals surface area (Å²) in [5.74, 6) is -0.102. The molecule has 106 valence electrons. The standard InChI is InChI=1S/C13H17F3N2O/c1-17-8-2-3-12(19)18-9-10-4-6-11(7-5-10)13(14,15)16/h4-7,17H,2-3,8-9H2,1H3,(H,18,19). The lowest BCUT2D eigenvalue weighted by Crippen LogP contribution is -2.23. The zero-order chi connectivity index (χ0) is 14.3. The predicted molar refractivity (Wildman–Crippen MR) is 66.5 cm³/mol. The molecule has 0 aliphatic heterocycles. The molecular formula is C13H17F3N2O.